The molecule has 0 aromatic heterocycles. The summed E-state index contributed by atoms with van der Waals surface area (Å²) in [6.45, 7) is 0. The van der Waals surface area contributed by atoms with Gasteiger partial charge in [0.1, 0.15) is 0 Å². The van der Waals surface area contributed by atoms with Crippen molar-refractivity contribution in [3.63, 3.8) is 0 Å². The molecule has 0 aliphatic heterocycles. The summed E-state index contributed by atoms with van der Waals surface area (Å²) in [5, 5.41) is 6.08. The highest BCUT2D eigenvalue weighted by Gasteiger charge is 1.82. The van der Waals surface area contributed by atoms with Crippen LogP contribution in [0.15, 0.2) is 0 Å². The van der Waals surface area contributed by atoms with Crippen LogP contribution in [0.5, 0.6) is 0 Å². The molecule has 0 spiro atoms. The van der Waals surface area contributed by atoms with Crippen LogP contribution in [-0.4, -0.2) is 11.3 Å². The Bertz CT molecular complexity index is 71.2. The van der Waals surface area contributed by atoms with E-state index in [0.29, 0.717) is 0 Å². The summed E-state index contributed by atoms with van der Waals surface area (Å²) < 4.78 is 0. The summed E-state index contributed by atoms with van der Waals surface area (Å²) in [6.07, 6.45) is 1.17. The van der Waals surface area contributed by atoms with Crippen LogP contribution in [0.25, 0.3) is 0 Å². The second-order valence-electron chi connectivity index (χ2n) is 0.802. The molecule has 0 aromatic carbocycles. The van der Waals surface area contributed by atoms with Crippen molar-refractivity contribution in [3.05, 3.63) is 0 Å². The van der Waals surface area contributed by atoms with Gasteiger partial charge in [0.15, 0.2) is 5.12 Å². The van der Waals surface area contributed by atoms with Crippen LogP contribution in [0.1, 0.15) is 6.42 Å². The van der Waals surface area contributed by atoms with E-state index in [2.05, 4.69) is 12.6 Å². The molecule has 0 rings (SSSR count). The summed E-state index contributed by atoms with van der Waals surface area (Å²) in [5.74, 6) is 0. The van der Waals surface area contributed by atoms with Crippen LogP contribution in [0.2, 0.25) is 0 Å². The van der Waals surface area contributed by atoms with E-state index in [1.165, 1.54) is 0 Å². The van der Waals surface area contributed by atoms with Gasteiger partial charge in [-0.1, -0.05) is 0 Å². The summed E-state index contributed by atoms with van der Waals surface area (Å²) >= 11 is 3.39. The first-order valence-corrected chi connectivity index (χ1v) is 1.93. The van der Waals surface area contributed by atoms with E-state index in [9.17, 15) is 4.79 Å². The first kappa shape index (κ1) is 5.69. The van der Waals surface area contributed by atoms with E-state index in [-0.39, 0.29) is 11.5 Å². The maximum absolute atomic E-state index is 9.76. The van der Waals surface area contributed by atoms with E-state index in [1.54, 1.807) is 0 Å². The van der Waals surface area contributed by atoms with Gasteiger partial charge in [0, 0.05) is 6.21 Å². The Morgan fingerprint density at radius 1 is 2.00 bits per heavy atom. The number of carbonyl (C=O) groups is 1. The minimum atomic E-state index is -0.259. The molecule has 0 saturated heterocycles. The van der Waals surface area contributed by atoms with Crippen molar-refractivity contribution < 1.29 is 4.79 Å². The van der Waals surface area contributed by atoms with Crippen molar-refractivity contribution in [1.82, 2.24) is 0 Å². The Labute approximate surface area is 41.5 Å². The van der Waals surface area contributed by atoms with E-state index in [0.717, 1.165) is 6.21 Å². The maximum atomic E-state index is 9.76. The van der Waals surface area contributed by atoms with Gasteiger partial charge in [0.2, 0.25) is 0 Å². The second kappa shape index (κ2) is 2.90. The van der Waals surface area contributed by atoms with Crippen LogP contribution >= 0.6 is 12.6 Å². The second-order valence-corrected chi connectivity index (χ2v) is 1.30. The van der Waals surface area contributed by atoms with Crippen LogP contribution in [0.3, 0.4) is 0 Å². The topological polar surface area (TPSA) is 40.9 Å². The summed E-state index contributed by atoms with van der Waals surface area (Å²) in [4.78, 5) is 9.76. The number of hydrogen-bond acceptors (Lipinski definition) is 2. The van der Waals surface area contributed by atoms with Gasteiger partial charge in [-0.15, -0.1) is 12.6 Å². The lowest BCUT2D eigenvalue weighted by molar-refractivity contribution is -0.109. The summed E-state index contributed by atoms with van der Waals surface area (Å²) in [7, 11) is 0. The van der Waals surface area contributed by atoms with Crippen molar-refractivity contribution in [2.24, 2.45) is 0 Å². The van der Waals surface area contributed by atoms with Crippen LogP contribution in [0.4, 0.5) is 0 Å². The van der Waals surface area contributed by atoms with Crippen LogP contribution < -0.4 is 0 Å². The smallest absolute Gasteiger partial charge is 0.191 e. The maximum Gasteiger partial charge on any atom is 0.191 e. The lowest BCUT2D eigenvalue weighted by Gasteiger charge is -1.72. The van der Waals surface area contributed by atoms with Gasteiger partial charge in [-0.05, 0) is 0 Å². The third-order valence-corrected chi connectivity index (χ3v) is 0.459. The third kappa shape index (κ3) is 3.69. The van der Waals surface area contributed by atoms with E-state index >= 15 is 0 Å². The molecule has 0 aliphatic carbocycles. The fraction of sp³-hybridized carbons (Fsp3) is 0.333. The van der Waals surface area contributed by atoms with Gasteiger partial charge < -0.3 is 5.41 Å². The van der Waals surface area contributed by atoms with Gasteiger partial charge in [-0.2, -0.15) is 0 Å². The molecule has 0 atom stereocenters. The van der Waals surface area contributed by atoms with Crippen molar-refractivity contribution in [2.75, 3.05) is 0 Å². The molecule has 0 aliphatic rings. The molecule has 0 unspecified atom stereocenters. The minimum Gasteiger partial charge on any atom is -0.313 e. The van der Waals surface area contributed by atoms with E-state index in [1.807, 2.05) is 0 Å². The Balaban J connectivity index is 3.05. The molecule has 0 radical (unpaired) electrons. The zero-order valence-electron chi connectivity index (χ0n) is 3.14. The van der Waals surface area contributed by atoms with Gasteiger partial charge in [-0.25, -0.2) is 0 Å². The Hall–Kier alpha value is -0.310. The highest BCUT2D eigenvalue weighted by molar-refractivity contribution is 7.96. The summed E-state index contributed by atoms with van der Waals surface area (Å²) in [5.41, 5.74) is 0. The summed E-state index contributed by atoms with van der Waals surface area (Å²) in [6, 6.07) is 0. The lowest BCUT2D eigenvalue weighted by atomic mass is 10.5. The quantitative estimate of drug-likeness (QED) is 0.387. The Morgan fingerprint density at radius 2 is 2.50 bits per heavy atom. The highest BCUT2D eigenvalue weighted by atomic mass is 32.1. The lowest BCUT2D eigenvalue weighted by Crippen LogP contribution is -1.82. The molecule has 3 heteroatoms. The molecule has 0 aromatic rings. The molecule has 34 valence electrons. The minimum absolute atomic E-state index is 0.142. The molecule has 0 bridgehead atoms. The Morgan fingerprint density at radius 3 is 2.50 bits per heavy atom. The zero-order chi connectivity index (χ0) is 4.99. The predicted molar refractivity (Wildman–Crippen MR) is 27.4 cm³/mol. The van der Waals surface area contributed by atoms with E-state index in [4.69, 9.17) is 5.41 Å². The molecule has 0 heterocycles. The first-order valence-electron chi connectivity index (χ1n) is 1.48. The number of rotatable bonds is 2. The highest BCUT2D eigenvalue weighted by Crippen LogP contribution is 1.79. The Kier molecular flexibility index (Phi) is 2.75. The predicted octanol–water partition coefficient (Wildman–Crippen LogP) is 0.482. The van der Waals surface area contributed by atoms with Crippen molar-refractivity contribution >= 4 is 24.0 Å². The number of nitrogens with one attached hydrogen (secondary N) is 1. The zero-order valence-corrected chi connectivity index (χ0v) is 4.03. The SMILES string of the molecule is N=CCC(=O)S. The largest absolute Gasteiger partial charge is 0.313 e. The standard InChI is InChI=1S/C3H5NOS/c4-2-1-3(5)6/h2,4H,1H2,(H,5,6). The molecule has 0 amide bonds. The number of carbonyl (C=O) groups excluding carboxylic acids is 1. The normalized spacial score (nSPS) is 7.50. The molecular weight excluding hydrogens is 98.1 g/mol. The fourth-order valence-electron chi connectivity index (χ4n) is 0.0873. The van der Waals surface area contributed by atoms with Crippen molar-refractivity contribution in [3.8, 4) is 0 Å². The van der Waals surface area contributed by atoms with Crippen LogP contribution in [0, 0.1) is 5.41 Å². The van der Waals surface area contributed by atoms with Gasteiger partial charge in [0.25, 0.3) is 0 Å². The van der Waals surface area contributed by atoms with E-state index < -0.39 is 0 Å². The molecule has 1 N–H and O–H groups in total. The molecule has 0 saturated carbocycles. The van der Waals surface area contributed by atoms with Gasteiger partial charge >= 0.3 is 0 Å². The first-order chi connectivity index (χ1) is 2.77. The molecule has 0 fully saturated rings. The molecule has 2 nitrogen and oxygen atoms in total. The fourth-order valence-corrected chi connectivity index (χ4v) is 0.179. The van der Waals surface area contributed by atoms with Crippen LogP contribution in [-0.2, 0) is 4.79 Å². The number of thiol groups is 1. The van der Waals surface area contributed by atoms with Crippen molar-refractivity contribution in [1.29, 1.82) is 5.41 Å². The third-order valence-electron chi connectivity index (χ3n) is 0.277. The molecule has 6 heavy (non-hydrogen) atoms. The monoisotopic (exact) mass is 103 g/mol. The van der Waals surface area contributed by atoms with Gasteiger partial charge in [-0.3, -0.25) is 4.79 Å². The average Bonchev–Trinajstić information content (AvgIpc) is 1.35. The van der Waals surface area contributed by atoms with Gasteiger partial charge in [0.05, 0.1) is 6.42 Å². The average molecular weight is 103 g/mol. The van der Waals surface area contributed by atoms with Crippen molar-refractivity contribution in [2.45, 2.75) is 6.42 Å². The number of hydrogen-bond donors (Lipinski definition) is 2. The molecular formula is C3H5NOS.